The number of ketones is 1. The molecule has 3 rings (SSSR count). The molecule has 1 aromatic heterocycles. The maximum atomic E-state index is 12.2. The molecule has 0 bridgehead atoms. The molecular weight excluding hydrogens is 296 g/mol. The summed E-state index contributed by atoms with van der Waals surface area (Å²) < 4.78 is 2.38. The first kappa shape index (κ1) is 11.3. The Morgan fingerprint density at radius 2 is 2.06 bits per heavy atom. The first-order valence-electron chi connectivity index (χ1n) is 5.34. The molecule has 0 aliphatic heterocycles. The number of carbonyl (C=O) groups is 1. The van der Waals surface area contributed by atoms with Crippen molar-refractivity contribution in [3.63, 3.8) is 0 Å². The Balaban J connectivity index is 2.38. The van der Waals surface area contributed by atoms with Crippen molar-refractivity contribution < 1.29 is 4.79 Å². The van der Waals surface area contributed by atoms with Crippen LogP contribution in [0, 0.1) is 0 Å². The molecule has 0 saturated heterocycles. The van der Waals surface area contributed by atoms with E-state index in [1.54, 1.807) is 20.2 Å². The molecule has 1 aliphatic rings. The smallest absolute Gasteiger partial charge is 0.241 e. The van der Waals surface area contributed by atoms with Gasteiger partial charge in [-0.25, -0.2) is 9.67 Å². The van der Waals surface area contributed by atoms with E-state index in [1.165, 1.54) is 4.68 Å². The van der Waals surface area contributed by atoms with E-state index >= 15 is 0 Å². The summed E-state index contributed by atoms with van der Waals surface area (Å²) in [6, 6.07) is 5.56. The Labute approximate surface area is 111 Å². The molecule has 1 aliphatic carbocycles. The monoisotopic (exact) mass is 304 g/mol. The highest BCUT2D eigenvalue weighted by Crippen LogP contribution is 2.34. The number of carbonyl (C=O) groups excluding carboxylic acids is 1. The molecule has 90 valence electrons. The van der Waals surface area contributed by atoms with Crippen LogP contribution in [0.25, 0.3) is 11.3 Å². The number of rotatable bonds is 0. The normalized spacial score (nSPS) is 13.7. The summed E-state index contributed by atoms with van der Waals surface area (Å²) in [6.07, 6.45) is 0. The van der Waals surface area contributed by atoms with Gasteiger partial charge in [0.05, 0.1) is 0 Å². The fourth-order valence-electron chi connectivity index (χ4n) is 2.04. The Kier molecular flexibility index (Phi) is 2.41. The van der Waals surface area contributed by atoms with Gasteiger partial charge in [0.2, 0.25) is 11.4 Å². The van der Waals surface area contributed by atoms with Crippen LogP contribution in [-0.2, 0) is 7.05 Å². The van der Waals surface area contributed by atoms with Gasteiger partial charge in [0.15, 0.2) is 5.69 Å². The lowest BCUT2D eigenvalue weighted by Gasteiger charge is -2.01. The molecule has 0 radical (unpaired) electrons. The Bertz CT molecular complexity index is 748. The predicted molar refractivity (Wildman–Crippen MR) is 69.1 cm³/mol. The van der Waals surface area contributed by atoms with E-state index in [-0.39, 0.29) is 5.78 Å². The van der Waals surface area contributed by atoms with Crippen LogP contribution in [0.1, 0.15) is 16.1 Å². The van der Waals surface area contributed by atoms with Crippen molar-refractivity contribution in [2.45, 2.75) is 0 Å². The zero-order chi connectivity index (χ0) is 12.9. The standard InChI is InChI=1S/C12H9BrN4O/c1-14-12-15-9-7-4-3-6(13)5-8(7)11(18)10(9)16-17(12)2/h3-5H,1-2H3. The third-order valence-electron chi connectivity index (χ3n) is 2.87. The van der Waals surface area contributed by atoms with Crippen LogP contribution < -0.4 is 5.62 Å². The molecule has 0 atom stereocenters. The minimum Gasteiger partial charge on any atom is -0.287 e. The fraction of sp³-hybridized carbons (Fsp3) is 0.167. The molecule has 0 spiro atoms. The first-order chi connectivity index (χ1) is 8.61. The first-order valence-corrected chi connectivity index (χ1v) is 6.14. The molecule has 0 unspecified atom stereocenters. The second-order valence-electron chi connectivity index (χ2n) is 3.98. The van der Waals surface area contributed by atoms with E-state index in [2.05, 4.69) is 31.0 Å². The van der Waals surface area contributed by atoms with Crippen LogP contribution in [-0.4, -0.2) is 27.6 Å². The van der Waals surface area contributed by atoms with Crippen molar-refractivity contribution in [3.8, 4) is 11.3 Å². The van der Waals surface area contributed by atoms with Gasteiger partial charge in [-0.2, -0.15) is 5.10 Å². The third kappa shape index (κ3) is 1.45. The van der Waals surface area contributed by atoms with Crippen molar-refractivity contribution in [1.29, 1.82) is 0 Å². The topological polar surface area (TPSA) is 60.1 Å². The van der Waals surface area contributed by atoms with Crippen molar-refractivity contribution in [1.82, 2.24) is 14.8 Å². The van der Waals surface area contributed by atoms with Crippen LogP contribution in [0.4, 0.5) is 0 Å². The van der Waals surface area contributed by atoms with E-state index < -0.39 is 0 Å². The second-order valence-corrected chi connectivity index (χ2v) is 4.89. The Morgan fingerprint density at radius 1 is 1.28 bits per heavy atom. The number of aromatic nitrogens is 3. The van der Waals surface area contributed by atoms with E-state index in [9.17, 15) is 4.79 Å². The molecule has 0 saturated carbocycles. The molecule has 1 heterocycles. The van der Waals surface area contributed by atoms with Crippen molar-refractivity contribution in [3.05, 3.63) is 39.5 Å². The quantitative estimate of drug-likeness (QED) is 0.629. The maximum Gasteiger partial charge on any atom is 0.241 e. The number of fused-ring (bicyclic) bond motifs is 3. The number of halogens is 1. The van der Waals surface area contributed by atoms with Gasteiger partial charge in [0.1, 0.15) is 5.69 Å². The average molecular weight is 305 g/mol. The van der Waals surface area contributed by atoms with Gasteiger partial charge in [-0.05, 0) is 12.1 Å². The third-order valence-corrected chi connectivity index (χ3v) is 3.37. The number of nitrogens with zero attached hydrogens (tertiary/aromatic N) is 4. The lowest BCUT2D eigenvalue weighted by atomic mass is 10.1. The molecule has 0 amide bonds. The van der Waals surface area contributed by atoms with Crippen molar-refractivity contribution in [2.75, 3.05) is 7.05 Å². The van der Waals surface area contributed by atoms with E-state index in [4.69, 9.17) is 0 Å². The van der Waals surface area contributed by atoms with Gasteiger partial charge >= 0.3 is 0 Å². The van der Waals surface area contributed by atoms with Gasteiger partial charge < -0.3 is 0 Å². The van der Waals surface area contributed by atoms with Crippen LogP contribution in [0.15, 0.2) is 27.7 Å². The Hall–Kier alpha value is -1.82. The molecule has 0 N–H and O–H groups in total. The molecule has 1 aromatic carbocycles. The molecule has 0 fully saturated rings. The van der Waals surface area contributed by atoms with Gasteiger partial charge in [-0.15, -0.1) is 0 Å². The summed E-state index contributed by atoms with van der Waals surface area (Å²) in [5.74, 6) is -0.0907. The van der Waals surface area contributed by atoms with Gasteiger partial charge in [0.25, 0.3) is 0 Å². The summed E-state index contributed by atoms with van der Waals surface area (Å²) in [5.41, 5.74) is 2.94. The van der Waals surface area contributed by atoms with Crippen LogP contribution in [0.5, 0.6) is 0 Å². The molecular formula is C12H9BrN4O. The summed E-state index contributed by atoms with van der Waals surface area (Å²) in [7, 11) is 3.37. The van der Waals surface area contributed by atoms with Crippen molar-refractivity contribution >= 4 is 21.7 Å². The summed E-state index contributed by atoms with van der Waals surface area (Å²) in [4.78, 5) is 20.6. The lowest BCUT2D eigenvalue weighted by Crippen LogP contribution is -2.26. The zero-order valence-corrected chi connectivity index (χ0v) is 11.4. The summed E-state index contributed by atoms with van der Waals surface area (Å²) in [6.45, 7) is 0. The lowest BCUT2D eigenvalue weighted by molar-refractivity contribution is 0.103. The number of hydrogen-bond donors (Lipinski definition) is 0. The van der Waals surface area contributed by atoms with Gasteiger partial charge in [-0.3, -0.25) is 9.79 Å². The zero-order valence-electron chi connectivity index (χ0n) is 9.81. The predicted octanol–water partition coefficient (Wildman–Crippen LogP) is 1.32. The highest BCUT2D eigenvalue weighted by Gasteiger charge is 2.30. The highest BCUT2D eigenvalue weighted by molar-refractivity contribution is 9.10. The van der Waals surface area contributed by atoms with Gasteiger partial charge in [-0.1, -0.05) is 22.0 Å². The highest BCUT2D eigenvalue weighted by atomic mass is 79.9. The molecule has 5 nitrogen and oxygen atoms in total. The Morgan fingerprint density at radius 3 is 2.78 bits per heavy atom. The minimum atomic E-state index is -0.0907. The molecule has 6 heteroatoms. The van der Waals surface area contributed by atoms with E-state index in [0.29, 0.717) is 22.6 Å². The van der Waals surface area contributed by atoms with E-state index in [1.807, 2.05) is 12.1 Å². The van der Waals surface area contributed by atoms with Crippen molar-refractivity contribution in [2.24, 2.45) is 12.0 Å². The summed E-state index contributed by atoms with van der Waals surface area (Å²) >= 11 is 3.36. The van der Waals surface area contributed by atoms with Gasteiger partial charge in [0, 0.05) is 29.7 Å². The summed E-state index contributed by atoms with van der Waals surface area (Å²) in [5, 5.41) is 4.25. The average Bonchev–Trinajstić information content (AvgIpc) is 2.62. The van der Waals surface area contributed by atoms with Crippen LogP contribution >= 0.6 is 15.9 Å². The molecule has 18 heavy (non-hydrogen) atoms. The second kappa shape index (κ2) is 3.84. The SMILES string of the molecule is CN=c1nc2c(nn1C)C(=O)c1cc(Br)ccc1-2. The van der Waals surface area contributed by atoms with E-state index in [0.717, 1.165) is 10.0 Å². The minimum absolute atomic E-state index is 0.0907. The maximum absolute atomic E-state index is 12.2. The number of hydrogen-bond acceptors (Lipinski definition) is 4. The molecule has 2 aromatic rings. The fourth-order valence-corrected chi connectivity index (χ4v) is 2.40. The van der Waals surface area contributed by atoms with Crippen LogP contribution in [0.2, 0.25) is 0 Å². The van der Waals surface area contributed by atoms with Crippen LogP contribution in [0.3, 0.4) is 0 Å². The largest absolute Gasteiger partial charge is 0.287 e. The number of aryl methyl sites for hydroxylation is 1. The number of benzene rings is 1.